The normalized spacial score (nSPS) is 9.73. The molecule has 58 valence electrons. The molecule has 0 unspecified atom stereocenters. The maximum atomic E-state index is 10.8. The zero-order valence-electron chi connectivity index (χ0n) is 6.26. The largest absolute Gasteiger partial charge is 0.293 e. The summed E-state index contributed by atoms with van der Waals surface area (Å²) in [5, 5.41) is 7.72. The number of hydrogen-bond acceptors (Lipinski definition) is 3. The number of Topliss-reactive ketones (excluding diaryl/α,β-unsaturated/α-hetero) is 1. The second-order valence-corrected chi connectivity index (χ2v) is 2.65. The van der Waals surface area contributed by atoms with Gasteiger partial charge in [-0.25, -0.2) is 0 Å². The molecule has 0 saturated heterocycles. The monoisotopic (exact) mass is 170 g/mol. The van der Waals surface area contributed by atoms with Gasteiger partial charge in [-0.2, -0.15) is 5.10 Å². The molecular weight excluding hydrogens is 164 g/mol. The summed E-state index contributed by atoms with van der Waals surface area (Å²) in [7, 11) is 0. The summed E-state index contributed by atoms with van der Waals surface area (Å²) in [5.41, 5.74) is 0.942. The van der Waals surface area contributed by atoms with Gasteiger partial charge in [0.15, 0.2) is 5.78 Å². The summed E-state index contributed by atoms with van der Waals surface area (Å²) < 4.78 is 0. The zero-order valence-corrected chi connectivity index (χ0v) is 7.01. The van der Waals surface area contributed by atoms with E-state index in [2.05, 4.69) is 10.2 Å². The molecule has 0 atom stereocenters. The molecule has 1 aromatic heterocycles. The SMILES string of the molecule is CC(=O)c1nnc(C)cc1Cl. The Morgan fingerprint density at radius 1 is 1.55 bits per heavy atom. The zero-order chi connectivity index (χ0) is 8.43. The third-order valence-corrected chi connectivity index (χ3v) is 1.49. The Labute approximate surface area is 69.4 Å². The Hall–Kier alpha value is -0.960. The molecule has 0 aromatic carbocycles. The van der Waals surface area contributed by atoms with Crippen LogP contribution in [0.15, 0.2) is 6.07 Å². The van der Waals surface area contributed by atoms with Gasteiger partial charge in [0.05, 0.1) is 10.7 Å². The van der Waals surface area contributed by atoms with E-state index >= 15 is 0 Å². The molecule has 4 heteroatoms. The number of aromatic nitrogens is 2. The number of halogens is 1. The van der Waals surface area contributed by atoms with E-state index in [1.54, 1.807) is 13.0 Å². The van der Waals surface area contributed by atoms with E-state index < -0.39 is 0 Å². The van der Waals surface area contributed by atoms with Crippen LogP contribution in [-0.4, -0.2) is 16.0 Å². The van der Waals surface area contributed by atoms with Crippen LogP contribution in [-0.2, 0) is 0 Å². The van der Waals surface area contributed by atoms with Gasteiger partial charge in [0.25, 0.3) is 0 Å². The second kappa shape index (κ2) is 2.96. The van der Waals surface area contributed by atoms with Crippen LogP contribution in [0.3, 0.4) is 0 Å². The Morgan fingerprint density at radius 3 is 2.64 bits per heavy atom. The van der Waals surface area contributed by atoms with E-state index in [0.717, 1.165) is 0 Å². The first-order valence-corrected chi connectivity index (χ1v) is 3.50. The van der Waals surface area contributed by atoms with E-state index in [1.807, 2.05) is 0 Å². The highest BCUT2D eigenvalue weighted by atomic mass is 35.5. The van der Waals surface area contributed by atoms with E-state index in [1.165, 1.54) is 6.92 Å². The lowest BCUT2D eigenvalue weighted by Crippen LogP contribution is -2.00. The van der Waals surface area contributed by atoms with Crippen LogP contribution in [0.25, 0.3) is 0 Å². The van der Waals surface area contributed by atoms with Crippen molar-refractivity contribution in [2.75, 3.05) is 0 Å². The first-order chi connectivity index (χ1) is 5.11. The van der Waals surface area contributed by atoms with Gasteiger partial charge in [-0.1, -0.05) is 11.6 Å². The molecule has 0 N–H and O–H groups in total. The molecule has 0 aliphatic carbocycles. The van der Waals surface area contributed by atoms with Gasteiger partial charge in [0, 0.05) is 6.92 Å². The average molecular weight is 171 g/mol. The Bertz CT molecular complexity index is 298. The highest BCUT2D eigenvalue weighted by molar-refractivity contribution is 6.33. The molecule has 0 bridgehead atoms. The van der Waals surface area contributed by atoms with Crippen LogP contribution in [0.4, 0.5) is 0 Å². The molecule has 0 saturated carbocycles. The van der Waals surface area contributed by atoms with Crippen molar-refractivity contribution in [3.63, 3.8) is 0 Å². The number of carbonyl (C=O) groups is 1. The van der Waals surface area contributed by atoms with E-state index in [0.29, 0.717) is 10.7 Å². The molecule has 0 amide bonds. The van der Waals surface area contributed by atoms with Gasteiger partial charge in [-0.15, -0.1) is 5.10 Å². The van der Waals surface area contributed by atoms with E-state index in [9.17, 15) is 4.79 Å². The molecule has 0 fully saturated rings. The average Bonchev–Trinajstić information content (AvgIpc) is 1.85. The van der Waals surface area contributed by atoms with Crippen molar-refractivity contribution >= 4 is 17.4 Å². The lowest BCUT2D eigenvalue weighted by molar-refractivity contribution is 0.101. The van der Waals surface area contributed by atoms with Crippen molar-refractivity contribution in [1.82, 2.24) is 10.2 Å². The molecule has 0 aliphatic heterocycles. The number of carbonyl (C=O) groups excluding carboxylic acids is 1. The molecule has 1 heterocycles. The molecule has 0 aliphatic rings. The summed E-state index contributed by atoms with van der Waals surface area (Å²) in [6.07, 6.45) is 0. The molecule has 0 radical (unpaired) electrons. The van der Waals surface area contributed by atoms with Crippen LogP contribution in [0.2, 0.25) is 5.02 Å². The van der Waals surface area contributed by atoms with Gasteiger partial charge < -0.3 is 0 Å². The number of aryl methyl sites for hydroxylation is 1. The van der Waals surface area contributed by atoms with Crippen LogP contribution >= 0.6 is 11.6 Å². The summed E-state index contributed by atoms with van der Waals surface area (Å²) in [5.74, 6) is -0.164. The Balaban J connectivity index is 3.20. The summed E-state index contributed by atoms with van der Waals surface area (Å²) >= 11 is 5.70. The Kier molecular flexibility index (Phi) is 2.19. The minimum absolute atomic E-state index is 0.164. The van der Waals surface area contributed by atoms with Crippen molar-refractivity contribution in [3.8, 4) is 0 Å². The molecule has 0 spiro atoms. The van der Waals surface area contributed by atoms with Crippen molar-refractivity contribution in [3.05, 3.63) is 22.5 Å². The molecule has 11 heavy (non-hydrogen) atoms. The van der Waals surface area contributed by atoms with Gasteiger partial charge in [0.1, 0.15) is 5.69 Å². The summed E-state index contributed by atoms with van der Waals surface area (Å²) in [4.78, 5) is 10.8. The summed E-state index contributed by atoms with van der Waals surface area (Å²) in [6, 6.07) is 1.62. The van der Waals surface area contributed by atoms with Gasteiger partial charge in [0.2, 0.25) is 0 Å². The molecule has 1 aromatic rings. The van der Waals surface area contributed by atoms with Crippen LogP contribution in [0, 0.1) is 6.92 Å². The fourth-order valence-corrected chi connectivity index (χ4v) is 1.02. The quantitative estimate of drug-likeness (QED) is 0.602. The maximum absolute atomic E-state index is 10.8. The topological polar surface area (TPSA) is 42.9 Å². The smallest absolute Gasteiger partial charge is 0.181 e. The first-order valence-electron chi connectivity index (χ1n) is 3.12. The molecular formula is C7H7ClN2O. The van der Waals surface area contributed by atoms with E-state index in [4.69, 9.17) is 11.6 Å². The number of rotatable bonds is 1. The second-order valence-electron chi connectivity index (χ2n) is 2.24. The van der Waals surface area contributed by atoms with Crippen molar-refractivity contribution in [1.29, 1.82) is 0 Å². The number of nitrogens with zero attached hydrogens (tertiary/aromatic N) is 2. The van der Waals surface area contributed by atoms with Crippen LogP contribution in [0.1, 0.15) is 23.1 Å². The number of ketones is 1. The van der Waals surface area contributed by atoms with E-state index in [-0.39, 0.29) is 11.5 Å². The number of hydrogen-bond donors (Lipinski definition) is 0. The van der Waals surface area contributed by atoms with Crippen molar-refractivity contribution < 1.29 is 4.79 Å². The first kappa shape index (κ1) is 8.14. The molecule has 3 nitrogen and oxygen atoms in total. The van der Waals surface area contributed by atoms with Gasteiger partial charge >= 0.3 is 0 Å². The minimum Gasteiger partial charge on any atom is -0.293 e. The van der Waals surface area contributed by atoms with Crippen molar-refractivity contribution in [2.45, 2.75) is 13.8 Å². The highest BCUT2D eigenvalue weighted by Crippen LogP contribution is 2.12. The lowest BCUT2D eigenvalue weighted by atomic mass is 10.3. The fourth-order valence-electron chi connectivity index (χ4n) is 0.696. The molecule has 1 rings (SSSR count). The van der Waals surface area contributed by atoms with Gasteiger partial charge in [-0.3, -0.25) is 4.79 Å². The highest BCUT2D eigenvalue weighted by Gasteiger charge is 2.07. The van der Waals surface area contributed by atoms with Crippen molar-refractivity contribution in [2.24, 2.45) is 0 Å². The predicted molar refractivity (Wildman–Crippen MR) is 41.8 cm³/mol. The summed E-state index contributed by atoms with van der Waals surface area (Å²) in [6.45, 7) is 3.17. The Morgan fingerprint density at radius 2 is 2.18 bits per heavy atom. The van der Waals surface area contributed by atoms with Crippen LogP contribution < -0.4 is 0 Å². The minimum atomic E-state index is -0.164. The third kappa shape index (κ3) is 1.74. The predicted octanol–water partition coefficient (Wildman–Crippen LogP) is 1.64. The maximum Gasteiger partial charge on any atom is 0.181 e. The van der Waals surface area contributed by atoms with Crippen LogP contribution in [0.5, 0.6) is 0 Å². The lowest BCUT2D eigenvalue weighted by Gasteiger charge is -1.96. The standard InChI is InChI=1S/C7H7ClN2O/c1-4-3-6(8)7(5(2)11)10-9-4/h3H,1-2H3. The fraction of sp³-hybridized carbons (Fsp3) is 0.286. The van der Waals surface area contributed by atoms with Gasteiger partial charge in [-0.05, 0) is 13.0 Å². The third-order valence-electron chi connectivity index (χ3n) is 1.20.